The number of hydrazone groups is 1. The maximum atomic E-state index is 12.7. The predicted octanol–water partition coefficient (Wildman–Crippen LogP) is 6.55. The first-order valence-corrected chi connectivity index (χ1v) is 12.8. The summed E-state index contributed by atoms with van der Waals surface area (Å²) < 4.78 is 6.58. The lowest BCUT2D eigenvalue weighted by atomic mass is 10.0. The molecule has 3 aromatic carbocycles. The van der Waals surface area contributed by atoms with E-state index in [2.05, 4.69) is 31.8 Å². The molecule has 0 aromatic heterocycles. The number of hydrogen-bond donors (Lipinski definition) is 2. The highest BCUT2D eigenvalue weighted by atomic mass is 79.9. The number of amides is 2. The topological polar surface area (TPSA) is 79.8 Å². The van der Waals surface area contributed by atoms with Gasteiger partial charge in [-0.05, 0) is 82.4 Å². The second kappa shape index (κ2) is 12.9. The van der Waals surface area contributed by atoms with Crippen molar-refractivity contribution in [3.8, 4) is 5.75 Å². The van der Waals surface area contributed by atoms with E-state index in [0.29, 0.717) is 28.0 Å². The molecule has 36 heavy (non-hydrogen) atoms. The Morgan fingerprint density at radius 3 is 2.39 bits per heavy atom. The molecule has 0 bridgehead atoms. The zero-order chi connectivity index (χ0) is 26.2. The number of nitrogens with zero attached hydrogens (tertiary/aromatic N) is 1. The van der Waals surface area contributed by atoms with Gasteiger partial charge in [0.2, 0.25) is 0 Å². The number of rotatable bonds is 9. The van der Waals surface area contributed by atoms with Crippen LogP contribution in [0.5, 0.6) is 5.75 Å². The van der Waals surface area contributed by atoms with Gasteiger partial charge in [0.1, 0.15) is 18.4 Å². The van der Waals surface area contributed by atoms with Crippen LogP contribution < -0.4 is 15.5 Å². The number of carbonyl (C=O) groups excluding carboxylic acids is 2. The Kier molecular flexibility index (Phi) is 9.93. The smallest absolute Gasteiger partial charge is 0.262 e. The van der Waals surface area contributed by atoms with E-state index >= 15 is 0 Å². The molecule has 2 N–H and O–H groups in total. The largest absolute Gasteiger partial charge is 0.488 e. The number of benzene rings is 3. The van der Waals surface area contributed by atoms with E-state index in [1.807, 2.05) is 51.1 Å². The van der Waals surface area contributed by atoms with Crippen molar-refractivity contribution < 1.29 is 14.3 Å². The van der Waals surface area contributed by atoms with E-state index < -0.39 is 11.9 Å². The fraction of sp³-hybridized carbons (Fsp3) is 0.222. The quantitative estimate of drug-likeness (QED) is 0.219. The lowest BCUT2D eigenvalue weighted by molar-refractivity contribution is -0.123. The molecule has 0 aliphatic carbocycles. The zero-order valence-electron chi connectivity index (χ0n) is 20.0. The third-order valence-electron chi connectivity index (χ3n) is 5.27. The number of aryl methyl sites for hydroxylation is 1. The monoisotopic (exact) mass is 589 g/mol. The first-order chi connectivity index (χ1) is 17.1. The van der Waals surface area contributed by atoms with Gasteiger partial charge in [0.15, 0.2) is 0 Å². The molecule has 0 aliphatic rings. The van der Waals surface area contributed by atoms with Gasteiger partial charge in [0.05, 0.1) is 20.7 Å². The Hall–Kier alpha value is -2.87. The molecule has 2 amide bonds. The van der Waals surface area contributed by atoms with Crippen molar-refractivity contribution >= 4 is 57.2 Å². The van der Waals surface area contributed by atoms with Crippen molar-refractivity contribution in [1.82, 2.24) is 10.7 Å². The first-order valence-electron chi connectivity index (χ1n) is 11.2. The van der Waals surface area contributed by atoms with Crippen LogP contribution in [0, 0.1) is 12.8 Å². The minimum absolute atomic E-state index is 0.129. The molecular weight excluding hydrogens is 565 g/mol. The average Bonchev–Trinajstić information content (AvgIpc) is 2.84. The predicted molar refractivity (Wildman–Crippen MR) is 148 cm³/mol. The highest BCUT2D eigenvalue weighted by Gasteiger charge is 2.24. The summed E-state index contributed by atoms with van der Waals surface area (Å²) in [7, 11) is 0. The molecular formula is C27H26BrCl2N3O3. The number of nitrogens with one attached hydrogen (secondary N) is 2. The van der Waals surface area contributed by atoms with Crippen LogP contribution >= 0.6 is 39.1 Å². The van der Waals surface area contributed by atoms with Crippen molar-refractivity contribution in [1.29, 1.82) is 0 Å². The zero-order valence-corrected chi connectivity index (χ0v) is 23.1. The van der Waals surface area contributed by atoms with Gasteiger partial charge in [-0.2, -0.15) is 5.10 Å². The van der Waals surface area contributed by atoms with E-state index in [1.165, 1.54) is 6.21 Å². The number of ether oxygens (including phenoxy) is 1. The third-order valence-corrected chi connectivity index (χ3v) is 6.63. The molecule has 0 fully saturated rings. The van der Waals surface area contributed by atoms with E-state index in [0.717, 1.165) is 21.2 Å². The minimum atomic E-state index is -0.736. The van der Waals surface area contributed by atoms with Crippen molar-refractivity contribution in [3.63, 3.8) is 0 Å². The Bertz CT molecular complexity index is 1260. The van der Waals surface area contributed by atoms with E-state index in [9.17, 15) is 9.59 Å². The number of carbonyl (C=O) groups is 2. The summed E-state index contributed by atoms with van der Waals surface area (Å²) in [5.74, 6) is -0.202. The van der Waals surface area contributed by atoms with Gasteiger partial charge in [0, 0.05) is 5.56 Å². The maximum Gasteiger partial charge on any atom is 0.262 e. The fourth-order valence-electron chi connectivity index (χ4n) is 3.21. The van der Waals surface area contributed by atoms with Gasteiger partial charge in [-0.3, -0.25) is 9.59 Å². The van der Waals surface area contributed by atoms with Gasteiger partial charge in [-0.25, -0.2) is 5.43 Å². The van der Waals surface area contributed by atoms with Crippen LogP contribution in [0.25, 0.3) is 0 Å². The van der Waals surface area contributed by atoms with E-state index in [-0.39, 0.29) is 11.8 Å². The summed E-state index contributed by atoms with van der Waals surface area (Å²) in [5, 5.41) is 7.80. The lowest BCUT2D eigenvalue weighted by Crippen LogP contribution is -2.48. The minimum Gasteiger partial charge on any atom is -0.488 e. The summed E-state index contributed by atoms with van der Waals surface area (Å²) in [5.41, 5.74) is 5.69. The van der Waals surface area contributed by atoms with Crippen LogP contribution in [0.15, 0.2) is 70.2 Å². The fourth-order valence-corrected chi connectivity index (χ4v) is 4.04. The van der Waals surface area contributed by atoms with E-state index in [4.69, 9.17) is 27.9 Å². The molecule has 0 saturated carbocycles. The Morgan fingerprint density at radius 1 is 1.03 bits per heavy atom. The molecule has 0 saturated heterocycles. The molecule has 0 radical (unpaired) electrons. The maximum absolute atomic E-state index is 12.7. The lowest BCUT2D eigenvalue weighted by Gasteiger charge is -2.20. The number of halogens is 3. The second-order valence-corrected chi connectivity index (χ2v) is 10.2. The van der Waals surface area contributed by atoms with Gasteiger partial charge in [-0.15, -0.1) is 0 Å². The molecule has 1 atom stereocenters. The molecule has 188 valence electrons. The standard InChI is InChI=1S/C27H26BrCl2N3O3/c1-16(2)25(32-26(34)20-8-4-17(3)5-9-20)27(35)33-31-14-18-7-11-24(21(28)12-18)36-15-19-6-10-22(29)23(30)13-19/h4-14,16,25H,15H2,1-3H3,(H,32,34)(H,33,35)/b31-14-. The van der Waals surface area contributed by atoms with Crippen molar-refractivity contribution in [2.75, 3.05) is 0 Å². The van der Waals surface area contributed by atoms with E-state index in [1.54, 1.807) is 30.3 Å². The van der Waals surface area contributed by atoms with Gasteiger partial charge >= 0.3 is 0 Å². The highest BCUT2D eigenvalue weighted by Crippen LogP contribution is 2.28. The third kappa shape index (κ3) is 7.82. The van der Waals surface area contributed by atoms with Crippen LogP contribution in [0.2, 0.25) is 10.0 Å². The van der Waals surface area contributed by atoms with Crippen LogP contribution in [0.4, 0.5) is 0 Å². The molecule has 0 heterocycles. The molecule has 0 aliphatic heterocycles. The van der Waals surface area contributed by atoms with Crippen LogP contribution in [0.3, 0.4) is 0 Å². The van der Waals surface area contributed by atoms with Crippen molar-refractivity contribution in [2.24, 2.45) is 11.0 Å². The van der Waals surface area contributed by atoms with Crippen molar-refractivity contribution in [3.05, 3.63) is 97.4 Å². The molecule has 3 rings (SSSR count). The van der Waals surface area contributed by atoms with Crippen LogP contribution in [0.1, 0.15) is 40.9 Å². The normalized spacial score (nSPS) is 12.0. The summed E-state index contributed by atoms with van der Waals surface area (Å²) in [6.45, 7) is 5.99. The molecule has 3 aromatic rings. The SMILES string of the molecule is Cc1ccc(C(=O)NC(C(=O)N/N=C\c2ccc(OCc3ccc(Cl)c(Cl)c3)c(Br)c2)C(C)C)cc1. The first kappa shape index (κ1) is 27.7. The highest BCUT2D eigenvalue weighted by molar-refractivity contribution is 9.10. The molecule has 6 nitrogen and oxygen atoms in total. The Morgan fingerprint density at radius 2 is 1.75 bits per heavy atom. The molecule has 9 heteroatoms. The molecule has 0 spiro atoms. The van der Waals surface area contributed by atoms with Gasteiger partial charge in [-0.1, -0.05) is 60.8 Å². The van der Waals surface area contributed by atoms with Gasteiger partial charge in [0.25, 0.3) is 11.8 Å². The van der Waals surface area contributed by atoms with Crippen LogP contribution in [-0.2, 0) is 11.4 Å². The van der Waals surface area contributed by atoms with Crippen molar-refractivity contribution in [2.45, 2.75) is 33.4 Å². The number of hydrogen-bond acceptors (Lipinski definition) is 4. The Balaban J connectivity index is 1.57. The Labute approximate surface area is 229 Å². The molecule has 1 unspecified atom stereocenters. The summed E-state index contributed by atoms with van der Waals surface area (Å²) >= 11 is 15.5. The summed E-state index contributed by atoms with van der Waals surface area (Å²) in [6, 6.07) is 17.2. The van der Waals surface area contributed by atoms with Crippen LogP contribution in [-0.4, -0.2) is 24.1 Å². The summed E-state index contributed by atoms with van der Waals surface area (Å²) in [4.78, 5) is 25.3. The summed E-state index contributed by atoms with van der Waals surface area (Å²) in [6.07, 6.45) is 1.52. The average molecular weight is 591 g/mol. The second-order valence-electron chi connectivity index (χ2n) is 8.52. The van der Waals surface area contributed by atoms with Gasteiger partial charge < -0.3 is 10.1 Å².